The molecule has 0 saturated carbocycles. The number of nitrogens with zero attached hydrogens (tertiary/aromatic N) is 1. The monoisotopic (exact) mass is 284 g/mol. The van der Waals surface area contributed by atoms with E-state index < -0.39 is 8.32 Å². The van der Waals surface area contributed by atoms with Gasteiger partial charge in [0.15, 0.2) is 8.32 Å². The zero-order valence-corrected chi connectivity index (χ0v) is 13.8. The SMILES string of the molecule is CC(C)(C)[Si](C)(C)OCCSc1cc(N)ccn1. The fourth-order valence-corrected chi connectivity index (χ4v) is 3.09. The van der Waals surface area contributed by atoms with Crippen LogP contribution in [0.1, 0.15) is 20.8 Å². The van der Waals surface area contributed by atoms with E-state index in [4.69, 9.17) is 10.2 Å². The minimum Gasteiger partial charge on any atom is -0.416 e. The van der Waals surface area contributed by atoms with Crippen molar-refractivity contribution in [1.29, 1.82) is 0 Å². The Morgan fingerprint density at radius 3 is 2.61 bits per heavy atom. The van der Waals surface area contributed by atoms with Crippen LogP contribution in [0.25, 0.3) is 0 Å². The average Bonchev–Trinajstić information content (AvgIpc) is 2.23. The Morgan fingerprint density at radius 1 is 1.39 bits per heavy atom. The Hall–Kier alpha value is -0.523. The van der Waals surface area contributed by atoms with Crippen LogP contribution in [0.3, 0.4) is 0 Å². The molecule has 0 aliphatic heterocycles. The number of hydrogen-bond acceptors (Lipinski definition) is 4. The highest BCUT2D eigenvalue weighted by molar-refractivity contribution is 7.99. The number of thioether (sulfide) groups is 1. The molecule has 0 bridgehead atoms. The van der Waals surface area contributed by atoms with Crippen LogP contribution in [0, 0.1) is 0 Å². The fourth-order valence-electron chi connectivity index (χ4n) is 1.16. The Kier molecular flexibility index (Phi) is 5.25. The molecule has 0 unspecified atom stereocenters. The van der Waals surface area contributed by atoms with E-state index in [-0.39, 0.29) is 5.04 Å². The molecule has 0 amide bonds. The highest BCUT2D eigenvalue weighted by Gasteiger charge is 2.36. The molecule has 0 saturated heterocycles. The summed E-state index contributed by atoms with van der Waals surface area (Å²) in [5, 5.41) is 1.24. The van der Waals surface area contributed by atoms with Crippen molar-refractivity contribution in [1.82, 2.24) is 4.98 Å². The molecule has 0 aliphatic rings. The van der Waals surface area contributed by atoms with Gasteiger partial charge >= 0.3 is 0 Å². The van der Waals surface area contributed by atoms with E-state index in [0.29, 0.717) is 0 Å². The van der Waals surface area contributed by atoms with E-state index in [1.54, 1.807) is 24.0 Å². The highest BCUT2D eigenvalue weighted by Crippen LogP contribution is 2.36. The zero-order chi connectivity index (χ0) is 13.8. The van der Waals surface area contributed by atoms with Gasteiger partial charge in [0.1, 0.15) is 0 Å². The van der Waals surface area contributed by atoms with E-state index >= 15 is 0 Å². The lowest BCUT2D eigenvalue weighted by atomic mass is 10.2. The molecule has 3 nitrogen and oxygen atoms in total. The van der Waals surface area contributed by atoms with Gasteiger partial charge in [-0.25, -0.2) is 4.98 Å². The fraction of sp³-hybridized carbons (Fsp3) is 0.615. The van der Waals surface area contributed by atoms with Crippen LogP contribution < -0.4 is 5.73 Å². The second kappa shape index (κ2) is 6.08. The van der Waals surface area contributed by atoms with Crippen LogP contribution in [0.15, 0.2) is 23.4 Å². The molecule has 2 N–H and O–H groups in total. The summed E-state index contributed by atoms with van der Waals surface area (Å²) < 4.78 is 6.10. The molecule has 1 rings (SSSR count). The van der Waals surface area contributed by atoms with Crippen LogP contribution in [0.2, 0.25) is 18.1 Å². The lowest BCUT2D eigenvalue weighted by Gasteiger charge is -2.36. The number of anilines is 1. The van der Waals surface area contributed by atoms with Crippen molar-refractivity contribution >= 4 is 25.8 Å². The summed E-state index contributed by atoms with van der Waals surface area (Å²) >= 11 is 1.69. The molecule has 1 aromatic rings. The molecule has 0 aliphatic carbocycles. The first kappa shape index (κ1) is 15.5. The van der Waals surface area contributed by atoms with E-state index in [1.165, 1.54) is 0 Å². The third-order valence-electron chi connectivity index (χ3n) is 3.36. The molecule has 0 radical (unpaired) electrons. The number of hydrogen-bond donors (Lipinski definition) is 1. The Bertz CT molecular complexity index is 391. The van der Waals surface area contributed by atoms with Crippen molar-refractivity contribution in [2.75, 3.05) is 18.1 Å². The highest BCUT2D eigenvalue weighted by atomic mass is 32.2. The zero-order valence-electron chi connectivity index (χ0n) is 12.0. The maximum atomic E-state index is 6.10. The minimum absolute atomic E-state index is 0.271. The average molecular weight is 285 g/mol. The molecule has 102 valence electrons. The Labute approximate surface area is 116 Å². The van der Waals surface area contributed by atoms with Gasteiger partial charge in [-0.05, 0) is 30.3 Å². The largest absolute Gasteiger partial charge is 0.416 e. The maximum absolute atomic E-state index is 6.10. The van der Waals surface area contributed by atoms with Crippen LogP contribution in [-0.4, -0.2) is 25.7 Å². The summed E-state index contributed by atoms with van der Waals surface area (Å²) in [4.78, 5) is 4.26. The molecular weight excluding hydrogens is 260 g/mol. The molecule has 1 aromatic heterocycles. The first-order valence-corrected chi connectivity index (χ1v) is 10.1. The van der Waals surface area contributed by atoms with Gasteiger partial charge < -0.3 is 10.2 Å². The summed E-state index contributed by atoms with van der Waals surface area (Å²) in [5.41, 5.74) is 6.47. The number of pyridine rings is 1. The number of rotatable bonds is 5. The van der Waals surface area contributed by atoms with Gasteiger partial charge in [0.25, 0.3) is 0 Å². The smallest absolute Gasteiger partial charge is 0.192 e. The number of nitrogens with two attached hydrogens (primary N) is 1. The van der Waals surface area contributed by atoms with Gasteiger partial charge in [-0.15, -0.1) is 11.8 Å². The molecule has 1 heterocycles. The van der Waals surface area contributed by atoms with Crippen molar-refractivity contribution in [2.24, 2.45) is 0 Å². The predicted octanol–water partition coefficient (Wildman–Crippen LogP) is 3.78. The van der Waals surface area contributed by atoms with Crippen molar-refractivity contribution in [3.05, 3.63) is 18.3 Å². The molecule has 0 fully saturated rings. The van der Waals surface area contributed by atoms with Gasteiger partial charge in [0, 0.05) is 24.2 Å². The van der Waals surface area contributed by atoms with Gasteiger partial charge in [-0.1, -0.05) is 20.8 Å². The number of aromatic nitrogens is 1. The second-order valence-electron chi connectivity index (χ2n) is 5.88. The number of nitrogen functional groups attached to an aromatic ring is 1. The predicted molar refractivity (Wildman–Crippen MR) is 82.5 cm³/mol. The van der Waals surface area contributed by atoms with E-state index in [9.17, 15) is 0 Å². The third kappa shape index (κ3) is 4.63. The Balaban J connectivity index is 2.35. The van der Waals surface area contributed by atoms with Crippen LogP contribution >= 0.6 is 11.8 Å². The van der Waals surface area contributed by atoms with E-state index in [1.807, 2.05) is 6.07 Å². The standard InChI is InChI=1S/C13H24N2OSSi/c1-13(2,3)18(4,5)16-8-9-17-12-10-11(14)6-7-15-12/h6-7,10H,8-9H2,1-5H3,(H2,14,15). The Morgan fingerprint density at radius 2 is 2.06 bits per heavy atom. The molecule has 0 aromatic carbocycles. The summed E-state index contributed by atoms with van der Waals surface area (Å²) in [6, 6.07) is 3.70. The summed E-state index contributed by atoms with van der Waals surface area (Å²) in [6.07, 6.45) is 1.74. The molecule has 18 heavy (non-hydrogen) atoms. The molecule has 5 heteroatoms. The topological polar surface area (TPSA) is 48.1 Å². The van der Waals surface area contributed by atoms with Gasteiger partial charge in [-0.2, -0.15) is 0 Å². The van der Waals surface area contributed by atoms with Crippen molar-refractivity contribution < 1.29 is 4.43 Å². The molecular formula is C13H24N2OSSi. The lowest BCUT2D eigenvalue weighted by molar-refractivity contribution is 0.311. The van der Waals surface area contributed by atoms with Gasteiger partial charge in [0.05, 0.1) is 5.03 Å². The maximum Gasteiger partial charge on any atom is 0.192 e. The van der Waals surface area contributed by atoms with Crippen LogP contribution in [-0.2, 0) is 4.43 Å². The lowest BCUT2D eigenvalue weighted by Crippen LogP contribution is -2.41. The molecule has 0 atom stereocenters. The van der Waals surface area contributed by atoms with Gasteiger partial charge in [-0.3, -0.25) is 0 Å². The normalized spacial score (nSPS) is 12.7. The van der Waals surface area contributed by atoms with E-state index in [0.717, 1.165) is 23.1 Å². The van der Waals surface area contributed by atoms with Crippen LogP contribution in [0.4, 0.5) is 5.69 Å². The first-order valence-electron chi connectivity index (χ1n) is 6.21. The minimum atomic E-state index is -1.61. The first-order chi connectivity index (χ1) is 8.22. The summed E-state index contributed by atoms with van der Waals surface area (Å²) in [7, 11) is -1.61. The summed E-state index contributed by atoms with van der Waals surface area (Å²) in [5.74, 6) is 0.920. The van der Waals surface area contributed by atoms with Crippen molar-refractivity contribution in [3.8, 4) is 0 Å². The quantitative estimate of drug-likeness (QED) is 0.508. The van der Waals surface area contributed by atoms with E-state index in [2.05, 4.69) is 38.8 Å². The third-order valence-corrected chi connectivity index (χ3v) is 8.79. The second-order valence-corrected chi connectivity index (χ2v) is 11.8. The molecule has 0 spiro atoms. The van der Waals surface area contributed by atoms with Gasteiger partial charge in [0.2, 0.25) is 0 Å². The van der Waals surface area contributed by atoms with Crippen LogP contribution in [0.5, 0.6) is 0 Å². The van der Waals surface area contributed by atoms with Crippen molar-refractivity contribution in [3.63, 3.8) is 0 Å². The summed E-state index contributed by atoms with van der Waals surface area (Å²) in [6.45, 7) is 12.1. The van der Waals surface area contributed by atoms with Crippen molar-refractivity contribution in [2.45, 2.75) is 43.9 Å².